The van der Waals surface area contributed by atoms with Gasteiger partial charge in [0, 0.05) is 12.8 Å². The van der Waals surface area contributed by atoms with Crippen LogP contribution in [0, 0.1) is 52.3 Å². The second kappa shape index (κ2) is 19.2. The van der Waals surface area contributed by atoms with Gasteiger partial charge in [-0.3, -0.25) is 4.79 Å². The molecule has 2 nitrogen and oxygen atoms in total. The molecule has 0 aliphatic heterocycles. The summed E-state index contributed by atoms with van der Waals surface area (Å²) in [5, 5.41) is 0. The molecule has 0 spiro atoms. The lowest BCUT2D eigenvalue weighted by molar-refractivity contribution is -0.151. The number of hydrogen-bond acceptors (Lipinski definition) is 2. The minimum absolute atomic E-state index is 0.0430. The summed E-state index contributed by atoms with van der Waals surface area (Å²) in [7, 11) is 0. The molecule has 0 aromatic rings. The van der Waals surface area contributed by atoms with Crippen molar-refractivity contribution in [1.29, 1.82) is 0 Å². The summed E-state index contributed by atoms with van der Waals surface area (Å²) in [6.07, 6.45) is 40.2. The molecule has 0 N–H and O–H groups in total. The third-order valence-electron chi connectivity index (χ3n) is 14.4. The van der Waals surface area contributed by atoms with Crippen molar-refractivity contribution >= 4 is 5.97 Å². The van der Waals surface area contributed by atoms with Gasteiger partial charge in [-0.05, 0) is 136 Å². The zero-order valence-electron chi connectivity index (χ0n) is 32.6. The molecule has 9 unspecified atom stereocenters. The average molecular weight is 661 g/mol. The van der Waals surface area contributed by atoms with Crippen LogP contribution in [0.2, 0.25) is 0 Å². The molecule has 2 heteroatoms. The largest absolute Gasteiger partial charge is 0.462 e. The second-order valence-electron chi connectivity index (χ2n) is 17.7. The van der Waals surface area contributed by atoms with Gasteiger partial charge in [-0.2, -0.15) is 0 Å². The Balaban J connectivity index is 1.14. The Labute approximate surface area is 298 Å². The molecule has 4 aliphatic carbocycles. The van der Waals surface area contributed by atoms with Crippen LogP contribution in [0.3, 0.4) is 0 Å². The predicted molar refractivity (Wildman–Crippen MR) is 207 cm³/mol. The lowest BCUT2D eigenvalue weighted by Crippen LogP contribution is -2.51. The molecule has 0 saturated heterocycles. The van der Waals surface area contributed by atoms with Crippen LogP contribution in [0.1, 0.15) is 177 Å². The number of esters is 1. The Morgan fingerprint density at radius 3 is 2.29 bits per heavy atom. The van der Waals surface area contributed by atoms with Crippen LogP contribution in [0.15, 0.2) is 48.1 Å². The van der Waals surface area contributed by atoms with Gasteiger partial charge in [-0.1, -0.05) is 129 Å². The maximum atomic E-state index is 12.8. The van der Waals surface area contributed by atoms with E-state index in [0.717, 1.165) is 86.4 Å². The van der Waals surface area contributed by atoms with E-state index in [-0.39, 0.29) is 12.1 Å². The number of fused-ring (bicyclic) bond motifs is 5. The van der Waals surface area contributed by atoms with Crippen molar-refractivity contribution in [3.05, 3.63) is 48.1 Å². The highest BCUT2D eigenvalue weighted by molar-refractivity contribution is 5.69. The number of carbonyl (C=O) groups excluding carboxylic acids is 1. The lowest BCUT2D eigenvalue weighted by atomic mass is 9.47. The molecule has 3 saturated carbocycles. The highest BCUT2D eigenvalue weighted by Gasteiger charge is 2.59. The maximum absolute atomic E-state index is 12.8. The topological polar surface area (TPSA) is 26.3 Å². The third-order valence-corrected chi connectivity index (χ3v) is 14.4. The van der Waals surface area contributed by atoms with Crippen molar-refractivity contribution in [2.45, 2.75) is 183 Å². The molecule has 0 aromatic heterocycles. The lowest BCUT2D eigenvalue weighted by Gasteiger charge is -2.58. The van der Waals surface area contributed by atoms with Gasteiger partial charge in [0.05, 0.1) is 0 Å². The van der Waals surface area contributed by atoms with Crippen molar-refractivity contribution in [2.24, 2.45) is 52.3 Å². The quantitative estimate of drug-likeness (QED) is 0.0783. The summed E-state index contributed by atoms with van der Waals surface area (Å²) in [5.74, 6) is 6.04. The molecule has 0 heterocycles. The number of rotatable bonds is 19. The van der Waals surface area contributed by atoms with Crippen LogP contribution in [-0.2, 0) is 9.53 Å². The first-order valence-electron chi connectivity index (χ1n) is 20.9. The molecule has 3 fully saturated rings. The highest BCUT2D eigenvalue weighted by atomic mass is 16.5. The van der Waals surface area contributed by atoms with Crippen LogP contribution < -0.4 is 0 Å². The van der Waals surface area contributed by atoms with E-state index in [1.54, 1.807) is 5.57 Å². The van der Waals surface area contributed by atoms with Gasteiger partial charge in [0.2, 0.25) is 0 Å². The molecule has 9 atom stereocenters. The maximum Gasteiger partial charge on any atom is 0.306 e. The van der Waals surface area contributed by atoms with Crippen LogP contribution >= 0.6 is 0 Å². The van der Waals surface area contributed by atoms with E-state index in [2.05, 4.69) is 91.0 Å². The molecule has 48 heavy (non-hydrogen) atoms. The summed E-state index contributed by atoms with van der Waals surface area (Å²) in [6, 6.07) is 0. The fourth-order valence-electron chi connectivity index (χ4n) is 10.9. The molecular weight excluding hydrogens is 585 g/mol. The Bertz CT molecular complexity index is 1090. The van der Waals surface area contributed by atoms with Gasteiger partial charge in [0.25, 0.3) is 0 Å². The summed E-state index contributed by atoms with van der Waals surface area (Å²) < 4.78 is 6.12. The molecular formula is C46H76O2. The Morgan fingerprint density at radius 1 is 0.833 bits per heavy atom. The predicted octanol–water partition coefficient (Wildman–Crippen LogP) is 13.8. The summed E-state index contributed by atoms with van der Waals surface area (Å²) in [5.41, 5.74) is 2.49. The third kappa shape index (κ3) is 10.2. The zero-order valence-corrected chi connectivity index (χ0v) is 32.6. The molecule has 272 valence electrons. The summed E-state index contributed by atoms with van der Waals surface area (Å²) >= 11 is 0. The van der Waals surface area contributed by atoms with Gasteiger partial charge in [-0.15, -0.1) is 0 Å². The van der Waals surface area contributed by atoms with Crippen molar-refractivity contribution in [1.82, 2.24) is 0 Å². The zero-order chi connectivity index (χ0) is 34.6. The highest BCUT2D eigenvalue weighted by Crippen LogP contribution is 2.67. The SMILES string of the molecule is CC/C=C\C/C=C\C/C=C\CCCCCCCC(=O)OC1CCC2(C)C(=CCC3C2CCC2(C)C(C(C)CCC(C)C(C)C)CCC32)C1. The number of allylic oxidation sites excluding steroid dienone is 7. The average Bonchev–Trinajstić information content (AvgIpc) is 3.42. The Morgan fingerprint density at radius 2 is 1.54 bits per heavy atom. The minimum Gasteiger partial charge on any atom is -0.462 e. The first-order valence-corrected chi connectivity index (χ1v) is 20.9. The van der Waals surface area contributed by atoms with E-state index in [9.17, 15) is 4.79 Å². The van der Waals surface area contributed by atoms with Crippen molar-refractivity contribution in [3.8, 4) is 0 Å². The van der Waals surface area contributed by atoms with Gasteiger partial charge < -0.3 is 4.74 Å². The fourth-order valence-corrected chi connectivity index (χ4v) is 10.9. The Kier molecular flexibility index (Phi) is 15.6. The van der Waals surface area contributed by atoms with E-state index in [1.807, 2.05) is 0 Å². The smallest absolute Gasteiger partial charge is 0.306 e. The number of unbranched alkanes of at least 4 members (excludes halogenated alkanes) is 5. The number of ether oxygens (including phenoxy) is 1. The fraction of sp³-hybridized carbons (Fsp3) is 0.804. The first kappa shape index (κ1) is 39.2. The standard InChI is InChI=1S/C46H76O2/c1-8-9-10-11-12-13-14-15-16-17-18-19-20-21-22-23-44(47)48-39-30-32-45(6)38(34-39)26-27-40-42-29-28-41(46(42,7)33-31-43(40)45)37(5)25-24-36(4)35(2)3/h9-10,12-13,15-16,26,35-37,39-43H,8,11,14,17-25,27-34H2,1-7H3/b10-9-,13-12-,16-15-. The number of carbonyl (C=O) groups is 1. The van der Waals surface area contributed by atoms with Crippen LogP contribution in [-0.4, -0.2) is 12.1 Å². The van der Waals surface area contributed by atoms with Gasteiger partial charge >= 0.3 is 5.97 Å². The first-order chi connectivity index (χ1) is 23.1. The molecule has 4 aliphatic rings. The molecule has 4 rings (SSSR count). The number of hydrogen-bond donors (Lipinski definition) is 0. The van der Waals surface area contributed by atoms with Crippen LogP contribution in [0.4, 0.5) is 0 Å². The van der Waals surface area contributed by atoms with Crippen molar-refractivity contribution in [2.75, 3.05) is 0 Å². The van der Waals surface area contributed by atoms with Crippen molar-refractivity contribution < 1.29 is 9.53 Å². The van der Waals surface area contributed by atoms with Crippen molar-refractivity contribution in [3.63, 3.8) is 0 Å². The summed E-state index contributed by atoms with van der Waals surface area (Å²) in [6.45, 7) is 17.3. The monoisotopic (exact) mass is 661 g/mol. The molecule has 0 amide bonds. The van der Waals surface area contributed by atoms with Gasteiger partial charge in [0.1, 0.15) is 6.10 Å². The van der Waals surface area contributed by atoms with Gasteiger partial charge in [0.15, 0.2) is 0 Å². The minimum atomic E-state index is 0.0430. The van der Waals surface area contributed by atoms with E-state index in [1.165, 1.54) is 77.0 Å². The molecule has 0 radical (unpaired) electrons. The van der Waals surface area contributed by atoms with E-state index in [0.29, 0.717) is 17.3 Å². The van der Waals surface area contributed by atoms with E-state index in [4.69, 9.17) is 4.74 Å². The van der Waals surface area contributed by atoms with Gasteiger partial charge in [-0.25, -0.2) is 0 Å². The molecule has 0 bridgehead atoms. The van der Waals surface area contributed by atoms with Crippen LogP contribution in [0.5, 0.6) is 0 Å². The normalized spacial score (nSPS) is 33.2. The van der Waals surface area contributed by atoms with Crippen LogP contribution in [0.25, 0.3) is 0 Å². The Hall–Kier alpha value is -1.57. The van der Waals surface area contributed by atoms with E-state index < -0.39 is 0 Å². The van der Waals surface area contributed by atoms with E-state index >= 15 is 0 Å². The summed E-state index contributed by atoms with van der Waals surface area (Å²) in [4.78, 5) is 12.8. The second-order valence-corrected chi connectivity index (χ2v) is 17.7. The molecule has 0 aromatic carbocycles.